The van der Waals surface area contributed by atoms with E-state index in [2.05, 4.69) is 45.9 Å². The second-order valence-corrected chi connectivity index (χ2v) is 9.35. The molecule has 4 heterocycles. The largest absolute Gasteiger partial charge is 0.384 e. The average Bonchev–Trinajstić information content (AvgIpc) is 3.10. The van der Waals surface area contributed by atoms with Crippen molar-refractivity contribution >= 4 is 28.4 Å². The monoisotopic (exact) mass is 471 g/mol. The maximum Gasteiger partial charge on any atom is 0.278 e. The van der Waals surface area contributed by atoms with E-state index in [0.717, 1.165) is 25.1 Å². The summed E-state index contributed by atoms with van der Waals surface area (Å²) in [4.78, 5) is 29.2. The molecule has 3 aromatic heterocycles. The van der Waals surface area contributed by atoms with E-state index in [1.165, 1.54) is 22.1 Å². The average molecular weight is 472 g/mol. The molecule has 9 nitrogen and oxygen atoms in total. The fourth-order valence-electron chi connectivity index (χ4n) is 4.48. The maximum atomic E-state index is 13.2. The number of aliphatic hydroxyl groups is 1. The molecule has 2 N–H and O–H groups in total. The van der Waals surface area contributed by atoms with Crippen molar-refractivity contribution in [1.82, 2.24) is 24.3 Å². The number of nitrogens with zero attached hydrogens (tertiary/aromatic N) is 6. The Balaban J connectivity index is 1.61. The van der Waals surface area contributed by atoms with Gasteiger partial charge in [0.15, 0.2) is 11.5 Å². The Labute approximate surface area is 203 Å². The molecule has 180 valence electrons. The molecular weight excluding hydrogens is 442 g/mol. The predicted molar refractivity (Wildman–Crippen MR) is 138 cm³/mol. The first-order chi connectivity index (χ1) is 16.8. The van der Waals surface area contributed by atoms with Crippen LogP contribution in [0.5, 0.6) is 0 Å². The number of anilines is 3. The van der Waals surface area contributed by atoms with E-state index in [1.54, 1.807) is 42.8 Å². The minimum Gasteiger partial charge on any atom is -0.384 e. The fraction of sp³-hybridized carbons (Fsp3) is 0.308. The smallest absolute Gasteiger partial charge is 0.278 e. The first-order valence-electron chi connectivity index (χ1n) is 11.7. The molecule has 35 heavy (non-hydrogen) atoms. The molecule has 0 amide bonds. The van der Waals surface area contributed by atoms with E-state index >= 15 is 0 Å². The van der Waals surface area contributed by atoms with Crippen LogP contribution in [0.1, 0.15) is 31.5 Å². The van der Waals surface area contributed by atoms with Crippen LogP contribution in [-0.4, -0.2) is 43.0 Å². The van der Waals surface area contributed by atoms with Crippen molar-refractivity contribution in [2.24, 2.45) is 0 Å². The molecule has 0 unspecified atom stereocenters. The van der Waals surface area contributed by atoms with Crippen molar-refractivity contribution in [2.75, 3.05) is 23.8 Å². The molecule has 1 aromatic carbocycles. The Morgan fingerprint density at radius 1 is 1.23 bits per heavy atom. The third kappa shape index (κ3) is 4.19. The van der Waals surface area contributed by atoms with Gasteiger partial charge in [0, 0.05) is 31.2 Å². The fourth-order valence-corrected chi connectivity index (χ4v) is 4.48. The highest BCUT2D eigenvalue weighted by atomic mass is 16.3. The summed E-state index contributed by atoms with van der Waals surface area (Å²) in [6, 6.07) is 11.6. The molecule has 5 rings (SSSR count). The number of benzene rings is 1. The molecule has 0 fully saturated rings. The summed E-state index contributed by atoms with van der Waals surface area (Å²) >= 11 is 0. The lowest BCUT2D eigenvalue weighted by Crippen LogP contribution is -2.24. The minimum atomic E-state index is -1.13. The number of hydrogen-bond donors (Lipinski definition) is 2. The molecule has 9 heteroatoms. The highest BCUT2D eigenvalue weighted by Crippen LogP contribution is 2.29. The van der Waals surface area contributed by atoms with Gasteiger partial charge in [-0.2, -0.15) is 4.98 Å². The van der Waals surface area contributed by atoms with Crippen molar-refractivity contribution in [3.63, 3.8) is 0 Å². The Morgan fingerprint density at radius 2 is 2.06 bits per heavy atom. The molecular formula is C26H29N7O2. The molecule has 0 aliphatic carbocycles. The van der Waals surface area contributed by atoms with Gasteiger partial charge in [-0.25, -0.2) is 19.3 Å². The second-order valence-electron chi connectivity index (χ2n) is 9.35. The number of pyridine rings is 1. The van der Waals surface area contributed by atoms with Crippen LogP contribution in [0.2, 0.25) is 0 Å². The summed E-state index contributed by atoms with van der Waals surface area (Å²) in [5.41, 5.74) is 2.95. The lowest BCUT2D eigenvalue weighted by Gasteiger charge is -2.27. The standard InChI is InChI=1S/C26H29N7O2/c1-5-13-32-24(34)19-16-27-25(28-18-11-12-20-17(15-18)8-7-14-31(20)4)30-23(19)33(32)22-10-6-9-21(29-22)26(2,3)35/h5-6,9-12,15-16,35H,1,7-8,13-14H2,2-4H3,(H,27,28,30). The number of rotatable bonds is 6. The molecule has 1 aliphatic heterocycles. The van der Waals surface area contributed by atoms with Gasteiger partial charge in [-0.3, -0.25) is 4.79 Å². The van der Waals surface area contributed by atoms with Gasteiger partial charge >= 0.3 is 0 Å². The normalized spacial score (nSPS) is 13.7. The Bertz CT molecular complexity index is 1480. The van der Waals surface area contributed by atoms with Crippen LogP contribution in [-0.2, 0) is 18.6 Å². The van der Waals surface area contributed by atoms with Crippen LogP contribution in [0.4, 0.5) is 17.3 Å². The number of aryl methyl sites for hydroxylation is 1. The zero-order valence-electron chi connectivity index (χ0n) is 20.2. The number of allylic oxidation sites excluding steroid dienone is 1. The molecule has 0 atom stereocenters. The van der Waals surface area contributed by atoms with E-state index in [0.29, 0.717) is 28.5 Å². The van der Waals surface area contributed by atoms with E-state index in [-0.39, 0.29) is 12.1 Å². The Morgan fingerprint density at radius 3 is 2.83 bits per heavy atom. The number of nitrogens with one attached hydrogen (secondary N) is 1. The van der Waals surface area contributed by atoms with Gasteiger partial charge in [-0.15, -0.1) is 6.58 Å². The van der Waals surface area contributed by atoms with E-state index in [9.17, 15) is 9.90 Å². The van der Waals surface area contributed by atoms with Gasteiger partial charge in [0.1, 0.15) is 11.0 Å². The SMILES string of the molecule is C=CCn1c(=O)c2cnc(Nc3ccc4c(c3)CCCN4C)nc2n1-c1cccc(C(C)(C)O)n1. The van der Waals surface area contributed by atoms with Crippen LogP contribution in [0.15, 0.2) is 60.0 Å². The van der Waals surface area contributed by atoms with Crippen LogP contribution >= 0.6 is 0 Å². The quantitative estimate of drug-likeness (QED) is 0.415. The summed E-state index contributed by atoms with van der Waals surface area (Å²) in [5, 5.41) is 14.1. The van der Waals surface area contributed by atoms with E-state index < -0.39 is 5.60 Å². The van der Waals surface area contributed by atoms with Crippen molar-refractivity contribution in [1.29, 1.82) is 0 Å². The van der Waals surface area contributed by atoms with Gasteiger partial charge in [0.2, 0.25) is 5.95 Å². The number of hydrogen-bond acceptors (Lipinski definition) is 7. The maximum absolute atomic E-state index is 13.2. The van der Waals surface area contributed by atoms with Crippen molar-refractivity contribution in [3.8, 4) is 5.82 Å². The topological polar surface area (TPSA) is 101 Å². The Kier molecular flexibility index (Phi) is 5.64. The molecule has 0 radical (unpaired) electrons. The van der Waals surface area contributed by atoms with Crippen molar-refractivity contribution in [3.05, 3.63) is 76.9 Å². The summed E-state index contributed by atoms with van der Waals surface area (Å²) in [6.07, 6.45) is 5.33. The van der Waals surface area contributed by atoms with Crippen molar-refractivity contribution in [2.45, 2.75) is 38.8 Å². The van der Waals surface area contributed by atoms with Crippen LogP contribution in [0, 0.1) is 0 Å². The predicted octanol–water partition coefficient (Wildman–Crippen LogP) is 3.52. The van der Waals surface area contributed by atoms with Gasteiger partial charge < -0.3 is 15.3 Å². The summed E-state index contributed by atoms with van der Waals surface area (Å²) < 4.78 is 3.17. The van der Waals surface area contributed by atoms with Gasteiger partial charge in [0.25, 0.3) is 5.56 Å². The molecule has 0 bridgehead atoms. The molecule has 0 saturated heterocycles. The minimum absolute atomic E-state index is 0.237. The van der Waals surface area contributed by atoms with Crippen molar-refractivity contribution < 1.29 is 5.11 Å². The molecule has 0 spiro atoms. The molecule has 4 aromatic rings. The number of aromatic nitrogens is 5. The third-order valence-electron chi connectivity index (χ3n) is 6.24. The lowest BCUT2D eigenvalue weighted by atomic mass is 10.0. The van der Waals surface area contributed by atoms with Crippen LogP contribution in [0.3, 0.4) is 0 Å². The summed E-state index contributed by atoms with van der Waals surface area (Å²) in [6.45, 7) is 8.45. The second kappa shape index (κ2) is 8.66. The van der Waals surface area contributed by atoms with Crippen LogP contribution < -0.4 is 15.8 Å². The van der Waals surface area contributed by atoms with Crippen LogP contribution in [0.25, 0.3) is 16.9 Å². The first-order valence-corrected chi connectivity index (χ1v) is 11.7. The Hall–Kier alpha value is -3.98. The van der Waals surface area contributed by atoms with E-state index in [1.807, 2.05) is 6.07 Å². The zero-order valence-corrected chi connectivity index (χ0v) is 20.2. The summed E-state index contributed by atoms with van der Waals surface area (Å²) in [5.74, 6) is 0.852. The van der Waals surface area contributed by atoms with Gasteiger partial charge in [-0.1, -0.05) is 12.1 Å². The zero-order chi connectivity index (χ0) is 24.7. The van der Waals surface area contributed by atoms with Gasteiger partial charge in [0.05, 0.1) is 12.2 Å². The highest BCUT2D eigenvalue weighted by molar-refractivity contribution is 5.77. The van der Waals surface area contributed by atoms with Gasteiger partial charge in [-0.05, 0) is 62.6 Å². The number of fused-ring (bicyclic) bond motifs is 2. The third-order valence-corrected chi connectivity index (χ3v) is 6.24. The highest BCUT2D eigenvalue weighted by Gasteiger charge is 2.22. The summed E-state index contributed by atoms with van der Waals surface area (Å²) in [7, 11) is 2.11. The first kappa shape index (κ1) is 22.8. The molecule has 0 saturated carbocycles. The van der Waals surface area contributed by atoms with E-state index in [4.69, 9.17) is 4.98 Å². The molecule has 1 aliphatic rings. The lowest BCUT2D eigenvalue weighted by molar-refractivity contribution is 0.0738.